The van der Waals surface area contributed by atoms with Crippen LogP contribution in [0, 0.1) is 0 Å². The number of rotatable bonds is 19. The fraction of sp³-hybridized carbons (Fsp3) is 0.556. The predicted octanol–water partition coefficient (Wildman–Crippen LogP) is 0.317. The van der Waals surface area contributed by atoms with Crippen LogP contribution in [-0.4, -0.2) is 187 Å². The van der Waals surface area contributed by atoms with E-state index in [9.17, 15) is 34.5 Å². The molecular weight excluding hydrogens is 728 g/mol. The SMILES string of the molecule is COC(C)(CN1CCN(CC(=O)O)CCN(CC(=O)O)CCN(CC(=O)O)CC1)NCCCCCC(=O)Nc1ccc(-c2nnc(-c3ccccn3)nn2)nc1. The number of carboxylic acids is 3. The number of pyridine rings is 2. The van der Waals surface area contributed by atoms with E-state index >= 15 is 0 Å². The Morgan fingerprint density at radius 2 is 1.21 bits per heavy atom. The smallest absolute Gasteiger partial charge is 0.317 e. The van der Waals surface area contributed by atoms with Gasteiger partial charge in [-0.1, -0.05) is 12.5 Å². The molecule has 0 aliphatic carbocycles. The molecule has 0 spiro atoms. The van der Waals surface area contributed by atoms with E-state index in [-0.39, 0.29) is 31.4 Å². The van der Waals surface area contributed by atoms with E-state index in [1.165, 1.54) is 6.20 Å². The molecule has 5 N–H and O–H groups in total. The van der Waals surface area contributed by atoms with Gasteiger partial charge in [-0.3, -0.25) is 54.1 Å². The van der Waals surface area contributed by atoms with Gasteiger partial charge in [0.05, 0.1) is 31.5 Å². The molecule has 3 aromatic rings. The van der Waals surface area contributed by atoms with Crippen molar-refractivity contribution in [3.05, 3.63) is 42.7 Å². The molecule has 0 aromatic carbocycles. The van der Waals surface area contributed by atoms with E-state index in [1.54, 1.807) is 52.3 Å². The van der Waals surface area contributed by atoms with Crippen molar-refractivity contribution in [1.29, 1.82) is 0 Å². The summed E-state index contributed by atoms with van der Waals surface area (Å²) in [5.74, 6) is -2.53. The first kappa shape index (κ1) is 43.6. The number of amides is 1. The van der Waals surface area contributed by atoms with E-state index < -0.39 is 23.6 Å². The summed E-state index contributed by atoms with van der Waals surface area (Å²) in [7, 11) is 1.61. The van der Waals surface area contributed by atoms with Gasteiger partial charge in [0, 0.05) is 78.6 Å². The minimum absolute atomic E-state index is 0.132. The Balaban J connectivity index is 1.22. The molecule has 0 saturated carbocycles. The maximum absolute atomic E-state index is 12.6. The van der Waals surface area contributed by atoms with Gasteiger partial charge in [0.25, 0.3) is 0 Å². The molecule has 1 atom stereocenters. The van der Waals surface area contributed by atoms with Crippen LogP contribution in [-0.2, 0) is 23.9 Å². The predicted molar refractivity (Wildman–Crippen MR) is 203 cm³/mol. The maximum Gasteiger partial charge on any atom is 0.317 e. The molecule has 0 bridgehead atoms. The molecule has 1 unspecified atom stereocenters. The summed E-state index contributed by atoms with van der Waals surface area (Å²) in [4.78, 5) is 63.3. The van der Waals surface area contributed by atoms with Crippen molar-refractivity contribution in [2.75, 3.05) is 97.5 Å². The van der Waals surface area contributed by atoms with Crippen LogP contribution in [0.15, 0.2) is 42.7 Å². The lowest BCUT2D eigenvalue weighted by atomic mass is 10.1. The van der Waals surface area contributed by atoms with Gasteiger partial charge in [-0.05, 0) is 50.6 Å². The van der Waals surface area contributed by atoms with Crippen LogP contribution in [0.2, 0.25) is 0 Å². The molecule has 0 radical (unpaired) electrons. The number of carbonyl (C=O) groups is 4. The van der Waals surface area contributed by atoms with Crippen LogP contribution < -0.4 is 10.6 Å². The highest BCUT2D eigenvalue weighted by Crippen LogP contribution is 2.16. The van der Waals surface area contributed by atoms with Crippen LogP contribution in [0.4, 0.5) is 5.69 Å². The number of aromatic nitrogens is 6. The number of unbranched alkanes of at least 4 members (excludes halogenated alkanes) is 2. The van der Waals surface area contributed by atoms with Gasteiger partial charge >= 0.3 is 17.9 Å². The number of hydrogen-bond donors (Lipinski definition) is 5. The molecule has 1 fully saturated rings. The van der Waals surface area contributed by atoms with Crippen molar-refractivity contribution < 1.29 is 39.2 Å². The molecule has 1 aliphatic heterocycles. The van der Waals surface area contributed by atoms with Gasteiger partial charge in [0.15, 0.2) is 0 Å². The summed E-state index contributed by atoms with van der Waals surface area (Å²) in [5.41, 5.74) is 0.797. The van der Waals surface area contributed by atoms with Gasteiger partial charge in [-0.25, -0.2) is 0 Å². The number of ether oxygens (including phenoxy) is 1. The van der Waals surface area contributed by atoms with Gasteiger partial charge in [0.1, 0.15) is 17.1 Å². The zero-order valence-electron chi connectivity index (χ0n) is 31.9. The summed E-state index contributed by atoms with van der Waals surface area (Å²) >= 11 is 0. The number of methoxy groups -OCH3 is 1. The third kappa shape index (κ3) is 15.6. The molecule has 56 heavy (non-hydrogen) atoms. The highest BCUT2D eigenvalue weighted by molar-refractivity contribution is 5.90. The van der Waals surface area contributed by atoms with Crippen LogP contribution in [0.3, 0.4) is 0 Å². The lowest BCUT2D eigenvalue weighted by Crippen LogP contribution is -2.56. The number of aliphatic carboxylic acids is 3. The number of nitrogens with one attached hydrogen (secondary N) is 2. The Hall–Kier alpha value is -5.12. The van der Waals surface area contributed by atoms with Gasteiger partial charge in [-0.15, -0.1) is 20.4 Å². The molecule has 304 valence electrons. The molecule has 20 nitrogen and oxygen atoms in total. The zero-order valence-corrected chi connectivity index (χ0v) is 31.9. The van der Waals surface area contributed by atoms with Crippen molar-refractivity contribution in [3.63, 3.8) is 0 Å². The van der Waals surface area contributed by atoms with Crippen molar-refractivity contribution in [2.45, 2.75) is 38.3 Å². The number of anilines is 1. The van der Waals surface area contributed by atoms with Gasteiger partial charge in [0.2, 0.25) is 17.6 Å². The second-order valence-corrected chi connectivity index (χ2v) is 13.7. The first-order chi connectivity index (χ1) is 26.9. The van der Waals surface area contributed by atoms with E-state index in [4.69, 9.17) is 4.74 Å². The van der Waals surface area contributed by atoms with Gasteiger partial charge in [-0.2, -0.15) is 0 Å². The highest BCUT2D eigenvalue weighted by atomic mass is 16.5. The highest BCUT2D eigenvalue weighted by Gasteiger charge is 2.28. The third-order valence-electron chi connectivity index (χ3n) is 9.21. The number of carboxylic acid groups (broad SMARTS) is 3. The zero-order chi connectivity index (χ0) is 40.3. The molecule has 20 heteroatoms. The molecule has 1 saturated heterocycles. The standard InChI is InChI=1S/C36H52N12O8/c1-36(56-2,26-48-20-18-46(24-32(52)53)16-14-45(23-31(50)51)15-17-47(19-21-48)25-33(54)55)39-13-6-3-4-9-30(49)40-27-10-11-29(38-22-27)35-43-41-34(42-44-35)28-8-5-7-12-37-28/h5,7-8,10-12,22,39H,3-4,6,9,13-21,23-26H2,1-2H3,(H,40,49)(H,50,51)(H,52,53)(H,54,55). The Kier molecular flexibility index (Phi) is 17.5. The third-order valence-corrected chi connectivity index (χ3v) is 9.21. The van der Waals surface area contributed by atoms with Crippen LogP contribution in [0.25, 0.3) is 23.0 Å². The Morgan fingerprint density at radius 3 is 1.66 bits per heavy atom. The largest absolute Gasteiger partial charge is 0.480 e. The van der Waals surface area contributed by atoms with Crippen LogP contribution in [0.5, 0.6) is 0 Å². The molecule has 1 amide bonds. The van der Waals surface area contributed by atoms with E-state index in [0.717, 1.165) is 12.8 Å². The summed E-state index contributed by atoms with van der Waals surface area (Å²) in [6.45, 7) is 5.58. The van der Waals surface area contributed by atoms with E-state index in [2.05, 4.69) is 45.9 Å². The fourth-order valence-corrected chi connectivity index (χ4v) is 6.10. The number of carbonyl (C=O) groups excluding carboxylic acids is 1. The Bertz CT molecular complexity index is 1660. The molecule has 4 heterocycles. The average molecular weight is 781 g/mol. The van der Waals surface area contributed by atoms with Crippen molar-refractivity contribution in [3.8, 4) is 23.0 Å². The van der Waals surface area contributed by atoms with Crippen molar-refractivity contribution in [2.24, 2.45) is 0 Å². The van der Waals surface area contributed by atoms with Crippen molar-refractivity contribution >= 4 is 29.5 Å². The topological polar surface area (TPSA) is 253 Å². The molecule has 3 aromatic heterocycles. The maximum atomic E-state index is 12.6. The minimum Gasteiger partial charge on any atom is -0.480 e. The second kappa shape index (κ2) is 22.4. The quantitative estimate of drug-likeness (QED) is 0.0811. The van der Waals surface area contributed by atoms with Crippen LogP contribution >= 0.6 is 0 Å². The fourth-order valence-electron chi connectivity index (χ4n) is 6.10. The monoisotopic (exact) mass is 780 g/mol. The normalized spacial score (nSPS) is 16.6. The van der Waals surface area contributed by atoms with E-state index in [0.29, 0.717) is 101 Å². The second-order valence-electron chi connectivity index (χ2n) is 13.7. The first-order valence-electron chi connectivity index (χ1n) is 18.5. The number of hydrogen-bond acceptors (Lipinski definition) is 16. The summed E-state index contributed by atoms with van der Waals surface area (Å²) in [6.07, 6.45) is 5.74. The minimum atomic E-state index is -1.00. The average Bonchev–Trinajstić information content (AvgIpc) is 3.17. The summed E-state index contributed by atoms with van der Waals surface area (Å²) in [5, 5.41) is 51.1. The van der Waals surface area contributed by atoms with Gasteiger partial charge < -0.3 is 25.4 Å². The van der Waals surface area contributed by atoms with Crippen LogP contribution in [0.1, 0.15) is 32.6 Å². The molecule has 1 aliphatic rings. The summed E-state index contributed by atoms with van der Waals surface area (Å²) in [6, 6.07) is 8.77. The molecular formula is C36H52N12O8. The van der Waals surface area contributed by atoms with Crippen molar-refractivity contribution in [1.82, 2.24) is 55.3 Å². The molecule has 4 rings (SSSR count). The van der Waals surface area contributed by atoms with E-state index in [1.807, 2.05) is 13.0 Å². The first-order valence-corrected chi connectivity index (χ1v) is 18.5. The Morgan fingerprint density at radius 1 is 0.696 bits per heavy atom. The lowest BCUT2D eigenvalue weighted by molar-refractivity contribution is -0.140. The Labute approximate surface area is 325 Å². The summed E-state index contributed by atoms with van der Waals surface area (Å²) < 4.78 is 5.90. The lowest BCUT2D eigenvalue weighted by Gasteiger charge is -2.38. The number of nitrogens with zero attached hydrogens (tertiary/aromatic N) is 10.